The maximum atomic E-state index is 11.5. The number of fused-ring (bicyclic) bond motifs is 4. The van der Waals surface area contributed by atoms with Crippen molar-refractivity contribution in [3.05, 3.63) is 92.7 Å². The smallest absolute Gasteiger partial charge is 0.226 e. The Morgan fingerprint density at radius 1 is 0.682 bits per heavy atom. The third-order valence-electron chi connectivity index (χ3n) is 11.0. The number of anilines is 2. The highest BCUT2D eigenvalue weighted by molar-refractivity contribution is 8.13. The number of aromatic nitrogens is 8. The van der Waals surface area contributed by atoms with Crippen molar-refractivity contribution in [3.63, 3.8) is 0 Å². The minimum absolute atomic E-state index is 0. The van der Waals surface area contributed by atoms with Gasteiger partial charge in [-0.05, 0) is 74.2 Å². The number of carbonyl (C=O) groups is 1. The number of thioether (sulfide) groups is 1. The number of thiol groups is 1. The van der Waals surface area contributed by atoms with Gasteiger partial charge in [-0.15, -0.1) is 0 Å². The van der Waals surface area contributed by atoms with Crippen LogP contribution >= 0.6 is 70.8 Å². The summed E-state index contributed by atoms with van der Waals surface area (Å²) in [4.78, 5) is 29.1. The van der Waals surface area contributed by atoms with E-state index in [1.165, 1.54) is 18.7 Å². The average molecular weight is 1020 g/mol. The molecule has 17 nitrogen and oxygen atoms in total. The fraction of sp³-hybridized carbons (Fsp3) is 0.465. The summed E-state index contributed by atoms with van der Waals surface area (Å²) in [7, 11) is 0. The first-order valence-corrected chi connectivity index (χ1v) is 23.7. The predicted molar refractivity (Wildman–Crippen MR) is 257 cm³/mol. The summed E-state index contributed by atoms with van der Waals surface area (Å²) in [5.74, 6) is 0.542. The van der Waals surface area contributed by atoms with Crippen molar-refractivity contribution in [1.82, 2.24) is 39.5 Å². The van der Waals surface area contributed by atoms with Crippen LogP contribution in [0.2, 0.25) is 20.6 Å². The summed E-state index contributed by atoms with van der Waals surface area (Å²) in [6.07, 6.45) is 0.286. The second-order valence-electron chi connectivity index (χ2n) is 16.5. The van der Waals surface area contributed by atoms with E-state index in [1.54, 1.807) is 21.8 Å². The molecule has 0 radical (unpaired) electrons. The number of nitrogens with one attached hydrogen (secondary N) is 2. The molecular formula is C43H48Cl4N10O7S2. The zero-order chi connectivity index (χ0) is 45.8. The summed E-state index contributed by atoms with van der Waals surface area (Å²) in [6, 6.07) is 15.2. The topological polar surface area (TPSA) is 184 Å². The van der Waals surface area contributed by atoms with Crippen LogP contribution in [0.5, 0.6) is 0 Å². The molecule has 8 atom stereocenters. The zero-order valence-corrected chi connectivity index (χ0v) is 40.3. The Morgan fingerprint density at radius 2 is 1.11 bits per heavy atom. The minimum atomic E-state index is -0.784. The van der Waals surface area contributed by atoms with Gasteiger partial charge in [-0.3, -0.25) is 4.79 Å². The van der Waals surface area contributed by atoms with Crippen molar-refractivity contribution in [2.45, 2.75) is 116 Å². The highest BCUT2D eigenvalue weighted by atomic mass is 35.5. The Hall–Kier alpha value is -3.57. The monoisotopic (exact) mass is 1020 g/mol. The molecule has 23 heteroatoms. The van der Waals surface area contributed by atoms with E-state index < -0.39 is 30.1 Å². The molecule has 0 unspecified atom stereocenters. The van der Waals surface area contributed by atoms with Crippen LogP contribution in [0, 0.1) is 0 Å². The van der Waals surface area contributed by atoms with Crippen molar-refractivity contribution in [2.24, 2.45) is 0 Å². The van der Waals surface area contributed by atoms with E-state index in [9.17, 15) is 4.79 Å². The van der Waals surface area contributed by atoms with Gasteiger partial charge >= 0.3 is 0 Å². The maximum absolute atomic E-state index is 11.5. The molecule has 4 aliphatic heterocycles. The minimum Gasteiger partial charge on any atom is -0.365 e. The van der Waals surface area contributed by atoms with Gasteiger partial charge in [0.1, 0.15) is 36.1 Å². The van der Waals surface area contributed by atoms with Crippen molar-refractivity contribution in [2.75, 3.05) is 22.1 Å². The summed E-state index contributed by atoms with van der Waals surface area (Å²) in [6.45, 7) is 9.94. The highest BCUT2D eigenvalue weighted by Gasteiger charge is 2.57. The first kappa shape index (κ1) is 48.9. The standard InChI is InChI=1S/C22H23Cl2N5O4S.C20H21Cl2N5O3S.CH4/c1-11(30)34-10-15-16-17(33-22(2,3)32-16)20(31-15)29-19-13(9-26-29)18(27-21(24)28-19)25-8-12-6-4-5-7-14(12)23;1-20(2)29-14-13(9-31)28-18(15(14)30-20)27-17-11(8-24-27)16(25-19(22)26-17)23-7-10-5-3-4-6-12(10)21;/h4-7,9,15-17,20H,8,10H2,1-3H3,(H,25,27,28);3-6,8,13-15,18,31H,7,9H2,1-2H3,(H,23,25,26);1H4/t15-,16-,17-,20-;13-,14-,15-,18-;/m11./s1. The van der Waals surface area contributed by atoms with Crippen LogP contribution in [0.3, 0.4) is 0 Å². The van der Waals surface area contributed by atoms with E-state index in [0.29, 0.717) is 68.3 Å². The van der Waals surface area contributed by atoms with Gasteiger partial charge < -0.3 is 39.1 Å². The Labute approximate surface area is 410 Å². The van der Waals surface area contributed by atoms with Crippen molar-refractivity contribution >= 4 is 110 Å². The molecule has 0 amide bonds. The number of hydrogen-bond acceptors (Lipinski definition) is 17. The van der Waals surface area contributed by atoms with Crippen LogP contribution in [-0.2, 0) is 46.3 Å². The lowest BCUT2D eigenvalue weighted by Gasteiger charge is -2.24. The van der Waals surface area contributed by atoms with Gasteiger partial charge in [0.05, 0.1) is 35.4 Å². The number of benzene rings is 2. The molecular weight excluding hydrogens is 974 g/mol. The lowest BCUT2D eigenvalue weighted by molar-refractivity contribution is -0.195. The van der Waals surface area contributed by atoms with Gasteiger partial charge in [-0.2, -0.15) is 42.8 Å². The Morgan fingerprint density at radius 3 is 1.55 bits per heavy atom. The molecule has 6 aromatic rings. The number of hydrogen-bond donors (Lipinski definition) is 3. The Bertz CT molecular complexity index is 2730. The molecule has 10 rings (SSSR count). The number of nitrogens with zero attached hydrogens (tertiary/aromatic N) is 8. The normalized spacial score (nSPS) is 25.8. The highest BCUT2D eigenvalue weighted by Crippen LogP contribution is 2.46. The van der Waals surface area contributed by atoms with Gasteiger partial charge in [0, 0.05) is 41.6 Å². The van der Waals surface area contributed by atoms with Crippen LogP contribution in [-0.4, -0.2) is 104 Å². The van der Waals surface area contributed by atoms with Gasteiger partial charge in [0.15, 0.2) is 40.4 Å². The first-order valence-electron chi connectivity index (χ1n) is 20.6. The van der Waals surface area contributed by atoms with Crippen molar-refractivity contribution < 1.29 is 33.2 Å². The number of halogens is 4. The Kier molecular flexibility index (Phi) is 14.7. The molecule has 0 aliphatic carbocycles. The zero-order valence-electron chi connectivity index (χ0n) is 35.5. The molecule has 0 bridgehead atoms. The van der Waals surface area contributed by atoms with E-state index >= 15 is 0 Å². The van der Waals surface area contributed by atoms with E-state index in [2.05, 4.69) is 53.4 Å². The van der Waals surface area contributed by atoms with Crippen LogP contribution < -0.4 is 10.6 Å². The van der Waals surface area contributed by atoms with E-state index in [0.717, 1.165) is 11.1 Å². The quantitative estimate of drug-likeness (QED) is 0.0824. The molecule has 0 spiro atoms. The lowest BCUT2D eigenvalue weighted by Crippen LogP contribution is -2.31. The third kappa shape index (κ3) is 10.1. The molecule has 4 saturated heterocycles. The summed E-state index contributed by atoms with van der Waals surface area (Å²) in [5.41, 5.74) is 2.90. The van der Waals surface area contributed by atoms with E-state index in [1.807, 2.05) is 76.2 Å². The van der Waals surface area contributed by atoms with Crippen LogP contribution in [0.25, 0.3) is 22.1 Å². The molecule has 2 aromatic carbocycles. The fourth-order valence-electron chi connectivity index (χ4n) is 8.27. The average Bonchev–Trinajstić information content (AvgIpc) is 4.10. The first-order chi connectivity index (χ1) is 31.1. The molecule has 8 heterocycles. The largest absolute Gasteiger partial charge is 0.365 e. The molecule has 0 saturated carbocycles. The molecule has 4 aromatic heterocycles. The predicted octanol–water partition coefficient (Wildman–Crippen LogP) is 9.17. The molecule has 2 N–H and O–H groups in total. The van der Waals surface area contributed by atoms with Crippen molar-refractivity contribution in [3.8, 4) is 0 Å². The van der Waals surface area contributed by atoms with Crippen LogP contribution in [0.1, 0.15) is 65.6 Å². The number of ether oxygens (including phenoxy) is 6. The van der Waals surface area contributed by atoms with Gasteiger partial charge in [0.25, 0.3) is 0 Å². The van der Waals surface area contributed by atoms with E-state index in [-0.39, 0.29) is 53.6 Å². The second kappa shape index (κ2) is 19.8. The second-order valence-corrected chi connectivity index (χ2v) is 19.5. The Balaban J connectivity index is 0.000000177. The molecule has 352 valence electrons. The molecule has 66 heavy (non-hydrogen) atoms. The fourth-order valence-corrected chi connectivity index (χ4v) is 9.97. The van der Waals surface area contributed by atoms with Crippen molar-refractivity contribution in [1.29, 1.82) is 0 Å². The van der Waals surface area contributed by atoms with Crippen LogP contribution in [0.15, 0.2) is 60.9 Å². The summed E-state index contributed by atoms with van der Waals surface area (Å²) in [5, 5.41) is 18.5. The summed E-state index contributed by atoms with van der Waals surface area (Å²) >= 11 is 30.7. The lowest BCUT2D eigenvalue weighted by atomic mass is 10.1. The van der Waals surface area contributed by atoms with Gasteiger partial charge in [-0.25, -0.2) is 9.36 Å². The number of rotatable bonds is 11. The molecule has 4 fully saturated rings. The van der Waals surface area contributed by atoms with E-state index in [4.69, 9.17) is 74.8 Å². The number of carbonyl (C=O) groups excluding carboxylic acids is 1. The van der Waals surface area contributed by atoms with Gasteiger partial charge in [0.2, 0.25) is 10.6 Å². The summed E-state index contributed by atoms with van der Waals surface area (Å²) < 4.78 is 40.2. The van der Waals surface area contributed by atoms with Gasteiger partial charge in [-0.1, -0.05) is 78.8 Å². The van der Waals surface area contributed by atoms with Crippen LogP contribution in [0.4, 0.5) is 11.6 Å². The molecule has 4 aliphatic rings. The SMILES string of the molecule is C.CC(=O)SC[C@H]1O[C@@H](n2ncc3c(NCc4ccccc4Cl)nc(Cl)nc32)[C@@H]2OC(C)(C)O[C@@H]21.CC1(C)O[C@@H]2[C@H](O1)[C@@H](CS)O[C@H]2n1ncc2c(NCc3ccccc3Cl)nc(Cl)nc21. The third-order valence-corrected chi connectivity index (χ3v) is 13.4. The maximum Gasteiger partial charge on any atom is 0.226 e.